The minimum atomic E-state index is -0.287. The lowest BCUT2D eigenvalue weighted by atomic mass is 10.1. The average Bonchev–Trinajstić information content (AvgIpc) is 2.53. The van der Waals surface area contributed by atoms with E-state index >= 15 is 0 Å². The molecule has 2 aromatic rings. The number of methoxy groups -OCH3 is 2. The molecule has 0 spiro atoms. The number of hydrogen-bond acceptors (Lipinski definition) is 4. The normalized spacial score (nSPS) is 10.3. The van der Waals surface area contributed by atoms with Gasteiger partial charge in [0.25, 0.3) is 5.56 Å². The lowest BCUT2D eigenvalue weighted by Crippen LogP contribution is -2.30. The fourth-order valence-corrected chi connectivity index (χ4v) is 2.34. The highest BCUT2D eigenvalue weighted by Crippen LogP contribution is 2.32. The summed E-state index contributed by atoms with van der Waals surface area (Å²) < 4.78 is 12.2. The van der Waals surface area contributed by atoms with Crippen molar-refractivity contribution in [2.24, 2.45) is 5.73 Å². The molecule has 0 atom stereocenters. The Morgan fingerprint density at radius 3 is 2.50 bits per heavy atom. The number of nitrogens with zero attached hydrogens (tertiary/aromatic N) is 1. The summed E-state index contributed by atoms with van der Waals surface area (Å²) in [5, 5.41) is 7.48. The van der Waals surface area contributed by atoms with Crippen LogP contribution in [-0.2, 0) is 6.54 Å². The first kappa shape index (κ1) is 15.6. The van der Waals surface area contributed by atoms with Crippen molar-refractivity contribution in [2.45, 2.75) is 13.5 Å². The maximum absolute atomic E-state index is 12.4. The molecule has 0 aliphatic rings. The van der Waals surface area contributed by atoms with Crippen molar-refractivity contribution in [2.75, 3.05) is 14.2 Å². The molecule has 6 nitrogen and oxygen atoms in total. The monoisotopic (exact) mass is 301 g/mol. The van der Waals surface area contributed by atoms with Gasteiger partial charge in [-0.1, -0.05) is 0 Å². The summed E-state index contributed by atoms with van der Waals surface area (Å²) in [4.78, 5) is 12.4. The molecule has 0 aliphatic heterocycles. The Morgan fingerprint density at radius 2 is 1.95 bits per heavy atom. The van der Waals surface area contributed by atoms with Gasteiger partial charge in [-0.2, -0.15) is 0 Å². The number of aromatic nitrogens is 1. The summed E-state index contributed by atoms with van der Waals surface area (Å²) in [6.07, 6.45) is 0. The van der Waals surface area contributed by atoms with E-state index in [0.29, 0.717) is 23.7 Å². The third-order valence-electron chi connectivity index (χ3n) is 3.47. The van der Waals surface area contributed by atoms with Gasteiger partial charge in [0.2, 0.25) is 0 Å². The second-order valence-electron chi connectivity index (χ2n) is 4.66. The summed E-state index contributed by atoms with van der Waals surface area (Å²) in [5.41, 5.74) is 6.84. The summed E-state index contributed by atoms with van der Waals surface area (Å²) in [6, 6.07) is 8.74. The number of hydrogen-bond donors (Lipinski definition) is 2. The van der Waals surface area contributed by atoms with Crippen molar-refractivity contribution in [3.05, 3.63) is 46.2 Å². The first-order chi connectivity index (χ1) is 10.5. The maximum atomic E-state index is 12.4. The second kappa shape index (κ2) is 6.34. The molecule has 0 amide bonds. The van der Waals surface area contributed by atoms with Gasteiger partial charge in [-0.25, -0.2) is 0 Å². The Hall–Kier alpha value is -2.76. The summed E-state index contributed by atoms with van der Waals surface area (Å²) in [6.45, 7) is 2.33. The molecular formula is C16H19N3O3. The van der Waals surface area contributed by atoms with Gasteiger partial charge in [0.15, 0.2) is 0 Å². The van der Waals surface area contributed by atoms with E-state index in [9.17, 15) is 4.79 Å². The fraction of sp³-hybridized carbons (Fsp3) is 0.250. The summed E-state index contributed by atoms with van der Waals surface area (Å²) >= 11 is 0. The van der Waals surface area contributed by atoms with Gasteiger partial charge in [0.1, 0.15) is 17.3 Å². The first-order valence-electron chi connectivity index (χ1n) is 6.84. The predicted octanol–water partition coefficient (Wildman–Crippen LogP) is 1.84. The van der Waals surface area contributed by atoms with Crippen molar-refractivity contribution in [1.82, 2.24) is 4.57 Å². The van der Waals surface area contributed by atoms with E-state index in [1.54, 1.807) is 43.1 Å². The van der Waals surface area contributed by atoms with Crippen LogP contribution in [0.4, 0.5) is 0 Å². The third kappa shape index (κ3) is 2.67. The van der Waals surface area contributed by atoms with Gasteiger partial charge in [-0.3, -0.25) is 10.2 Å². The van der Waals surface area contributed by atoms with Crippen LogP contribution in [0.1, 0.15) is 12.5 Å². The number of rotatable bonds is 5. The Kier molecular flexibility index (Phi) is 4.50. The van der Waals surface area contributed by atoms with Crippen molar-refractivity contribution >= 4 is 5.84 Å². The van der Waals surface area contributed by atoms with Crippen LogP contribution in [0.2, 0.25) is 0 Å². The smallest absolute Gasteiger partial charge is 0.261 e. The number of nitrogens with two attached hydrogens (primary N) is 1. The number of nitrogens with one attached hydrogen (secondary N) is 1. The Labute approximate surface area is 128 Å². The Balaban J connectivity index is 2.70. The molecule has 0 saturated carbocycles. The molecule has 2 rings (SSSR count). The van der Waals surface area contributed by atoms with Gasteiger partial charge in [0.05, 0.1) is 25.5 Å². The number of ether oxygens (including phenoxy) is 2. The van der Waals surface area contributed by atoms with Gasteiger partial charge in [-0.05, 0) is 31.2 Å². The summed E-state index contributed by atoms with van der Waals surface area (Å²) in [7, 11) is 3.15. The SMILES string of the molecule is CCn1c(-c2ccc(OC)cc2OC)ccc(C(=N)N)c1=O. The van der Waals surface area contributed by atoms with Crippen molar-refractivity contribution < 1.29 is 9.47 Å². The molecule has 3 N–H and O–H groups in total. The van der Waals surface area contributed by atoms with E-state index in [0.717, 1.165) is 5.56 Å². The van der Waals surface area contributed by atoms with Crippen molar-refractivity contribution in [1.29, 1.82) is 5.41 Å². The molecule has 6 heteroatoms. The highest BCUT2D eigenvalue weighted by Gasteiger charge is 2.15. The van der Waals surface area contributed by atoms with Crippen LogP contribution >= 0.6 is 0 Å². The predicted molar refractivity (Wildman–Crippen MR) is 85.9 cm³/mol. The largest absolute Gasteiger partial charge is 0.497 e. The van der Waals surface area contributed by atoms with Crippen LogP contribution in [0.3, 0.4) is 0 Å². The quantitative estimate of drug-likeness (QED) is 0.651. The van der Waals surface area contributed by atoms with Gasteiger partial charge >= 0.3 is 0 Å². The number of pyridine rings is 1. The number of benzene rings is 1. The summed E-state index contributed by atoms with van der Waals surface area (Å²) in [5.74, 6) is 1.04. The van der Waals surface area contributed by atoms with Crippen LogP contribution in [0.5, 0.6) is 11.5 Å². The van der Waals surface area contributed by atoms with Crippen molar-refractivity contribution in [3.63, 3.8) is 0 Å². The molecule has 0 fully saturated rings. The lowest BCUT2D eigenvalue weighted by molar-refractivity contribution is 0.395. The zero-order valence-electron chi connectivity index (χ0n) is 12.8. The zero-order chi connectivity index (χ0) is 16.3. The molecule has 22 heavy (non-hydrogen) atoms. The van der Waals surface area contributed by atoms with Gasteiger partial charge < -0.3 is 19.8 Å². The molecule has 0 saturated heterocycles. The first-order valence-corrected chi connectivity index (χ1v) is 6.84. The number of amidine groups is 1. The molecule has 0 radical (unpaired) electrons. The van der Waals surface area contributed by atoms with Crippen LogP contribution in [0, 0.1) is 5.41 Å². The van der Waals surface area contributed by atoms with Crippen LogP contribution < -0.4 is 20.8 Å². The highest BCUT2D eigenvalue weighted by molar-refractivity contribution is 5.94. The molecule has 0 aliphatic carbocycles. The zero-order valence-corrected chi connectivity index (χ0v) is 12.8. The van der Waals surface area contributed by atoms with E-state index in [1.807, 2.05) is 13.0 Å². The van der Waals surface area contributed by atoms with Gasteiger partial charge in [0, 0.05) is 18.2 Å². The molecule has 116 valence electrons. The van der Waals surface area contributed by atoms with Crippen LogP contribution in [-0.4, -0.2) is 24.6 Å². The molecular weight excluding hydrogens is 282 g/mol. The molecule has 0 bridgehead atoms. The number of nitrogen functional groups attached to an aromatic ring is 1. The van der Waals surface area contributed by atoms with E-state index in [1.165, 1.54) is 0 Å². The van der Waals surface area contributed by atoms with E-state index < -0.39 is 0 Å². The average molecular weight is 301 g/mol. The Bertz CT molecular complexity index is 766. The minimum absolute atomic E-state index is 0.193. The van der Waals surface area contributed by atoms with Crippen LogP contribution in [0.25, 0.3) is 11.3 Å². The van der Waals surface area contributed by atoms with Gasteiger partial charge in [-0.15, -0.1) is 0 Å². The molecule has 0 unspecified atom stereocenters. The highest BCUT2D eigenvalue weighted by atomic mass is 16.5. The van der Waals surface area contributed by atoms with Crippen molar-refractivity contribution in [3.8, 4) is 22.8 Å². The topological polar surface area (TPSA) is 90.3 Å². The van der Waals surface area contributed by atoms with E-state index in [-0.39, 0.29) is 17.0 Å². The molecule has 1 aromatic heterocycles. The molecule has 1 heterocycles. The maximum Gasteiger partial charge on any atom is 0.261 e. The van der Waals surface area contributed by atoms with E-state index in [4.69, 9.17) is 20.6 Å². The Morgan fingerprint density at radius 1 is 1.23 bits per heavy atom. The standard InChI is InChI=1S/C16H19N3O3/c1-4-19-13(8-7-12(15(17)18)16(19)20)11-6-5-10(21-2)9-14(11)22-3/h5-9H,4H2,1-3H3,(H3,17,18). The minimum Gasteiger partial charge on any atom is -0.497 e. The lowest BCUT2D eigenvalue weighted by Gasteiger charge is -2.16. The molecule has 1 aromatic carbocycles. The van der Waals surface area contributed by atoms with Crippen LogP contribution in [0.15, 0.2) is 35.1 Å². The fourth-order valence-electron chi connectivity index (χ4n) is 2.34. The van der Waals surface area contributed by atoms with E-state index in [2.05, 4.69) is 0 Å². The third-order valence-corrected chi connectivity index (χ3v) is 3.47. The second-order valence-corrected chi connectivity index (χ2v) is 4.66.